The third-order valence-electron chi connectivity index (χ3n) is 5.22. The smallest absolute Gasteiger partial charge is 0.243 e. The first kappa shape index (κ1) is 23.2. The number of hydrogen-bond acceptors (Lipinski definition) is 3. The third-order valence-corrected chi connectivity index (χ3v) is 7.55. The lowest BCUT2D eigenvalue weighted by Crippen LogP contribution is -2.41. The van der Waals surface area contributed by atoms with E-state index < -0.39 is 10.0 Å². The SMILES string of the molecule is Cc1ccc(N(C)C(=O)CN(Cc2ccc(Br)cc2)S(=O)(=O)c2ccccc2)cc1C. The maximum atomic E-state index is 13.3. The van der Waals surface area contributed by atoms with Gasteiger partial charge in [-0.3, -0.25) is 4.79 Å². The van der Waals surface area contributed by atoms with Gasteiger partial charge < -0.3 is 4.90 Å². The highest BCUT2D eigenvalue weighted by Gasteiger charge is 2.28. The van der Waals surface area contributed by atoms with Crippen molar-refractivity contribution in [3.05, 3.63) is 94.0 Å². The van der Waals surface area contributed by atoms with Crippen LogP contribution in [0.25, 0.3) is 0 Å². The van der Waals surface area contributed by atoms with Gasteiger partial charge in [-0.15, -0.1) is 0 Å². The molecule has 3 aromatic rings. The molecule has 0 atom stereocenters. The van der Waals surface area contributed by atoms with Gasteiger partial charge in [0, 0.05) is 23.8 Å². The van der Waals surface area contributed by atoms with Crippen LogP contribution in [0.5, 0.6) is 0 Å². The number of rotatable bonds is 7. The molecule has 0 aliphatic rings. The van der Waals surface area contributed by atoms with Gasteiger partial charge in [-0.2, -0.15) is 4.31 Å². The van der Waals surface area contributed by atoms with Crippen molar-refractivity contribution in [1.29, 1.82) is 0 Å². The number of carbonyl (C=O) groups excluding carboxylic acids is 1. The Hall–Kier alpha value is -2.48. The minimum absolute atomic E-state index is 0.0943. The van der Waals surface area contributed by atoms with E-state index in [4.69, 9.17) is 0 Å². The van der Waals surface area contributed by atoms with Gasteiger partial charge in [0.1, 0.15) is 0 Å². The molecule has 7 heteroatoms. The summed E-state index contributed by atoms with van der Waals surface area (Å²) >= 11 is 3.39. The van der Waals surface area contributed by atoms with E-state index in [1.807, 2.05) is 56.3 Å². The predicted molar refractivity (Wildman–Crippen MR) is 128 cm³/mol. The van der Waals surface area contributed by atoms with Crippen LogP contribution in [0, 0.1) is 13.8 Å². The number of benzene rings is 3. The second kappa shape index (κ2) is 9.77. The second-order valence-corrected chi connectivity index (χ2v) is 10.3. The van der Waals surface area contributed by atoms with E-state index in [1.165, 1.54) is 9.21 Å². The Balaban J connectivity index is 1.90. The molecular weight excluding hydrogens is 476 g/mol. The highest BCUT2D eigenvalue weighted by atomic mass is 79.9. The molecule has 162 valence electrons. The van der Waals surface area contributed by atoms with E-state index in [0.29, 0.717) is 0 Å². The average Bonchev–Trinajstić information content (AvgIpc) is 2.76. The zero-order valence-corrected chi connectivity index (χ0v) is 20.2. The van der Waals surface area contributed by atoms with Crippen LogP contribution in [0.1, 0.15) is 16.7 Å². The molecule has 3 aromatic carbocycles. The van der Waals surface area contributed by atoms with Crippen molar-refractivity contribution < 1.29 is 13.2 Å². The molecule has 0 heterocycles. The Bertz CT molecular complexity index is 1160. The molecule has 0 aromatic heterocycles. The Labute approximate surface area is 192 Å². The van der Waals surface area contributed by atoms with Crippen LogP contribution in [0.3, 0.4) is 0 Å². The van der Waals surface area contributed by atoms with E-state index in [-0.39, 0.29) is 23.9 Å². The van der Waals surface area contributed by atoms with Crippen LogP contribution in [-0.2, 0) is 21.4 Å². The monoisotopic (exact) mass is 500 g/mol. The fraction of sp³-hybridized carbons (Fsp3) is 0.208. The molecule has 0 bridgehead atoms. The molecule has 0 radical (unpaired) electrons. The number of halogens is 1. The fourth-order valence-corrected chi connectivity index (χ4v) is 4.76. The quantitative estimate of drug-likeness (QED) is 0.462. The van der Waals surface area contributed by atoms with Crippen LogP contribution < -0.4 is 4.90 Å². The number of hydrogen-bond donors (Lipinski definition) is 0. The fourth-order valence-electron chi connectivity index (χ4n) is 3.10. The lowest BCUT2D eigenvalue weighted by atomic mass is 10.1. The summed E-state index contributed by atoms with van der Waals surface area (Å²) in [7, 11) is -2.19. The average molecular weight is 501 g/mol. The highest BCUT2D eigenvalue weighted by Crippen LogP contribution is 2.22. The summed E-state index contributed by atoms with van der Waals surface area (Å²) in [5, 5.41) is 0. The summed E-state index contributed by atoms with van der Waals surface area (Å²) < 4.78 is 28.8. The van der Waals surface area contributed by atoms with Gasteiger partial charge in [-0.05, 0) is 66.9 Å². The molecule has 0 aliphatic carbocycles. The molecule has 0 spiro atoms. The van der Waals surface area contributed by atoms with Crippen LogP contribution >= 0.6 is 15.9 Å². The number of aryl methyl sites for hydroxylation is 2. The minimum Gasteiger partial charge on any atom is -0.314 e. The zero-order valence-electron chi connectivity index (χ0n) is 17.7. The summed E-state index contributed by atoms with van der Waals surface area (Å²) in [4.78, 5) is 14.7. The van der Waals surface area contributed by atoms with Gasteiger partial charge in [0.2, 0.25) is 15.9 Å². The van der Waals surface area contributed by atoms with Gasteiger partial charge in [0.15, 0.2) is 0 Å². The van der Waals surface area contributed by atoms with Gasteiger partial charge in [0.25, 0.3) is 0 Å². The summed E-state index contributed by atoms with van der Waals surface area (Å²) in [5.74, 6) is -0.306. The number of likely N-dealkylation sites (N-methyl/N-ethyl adjacent to an activating group) is 1. The van der Waals surface area contributed by atoms with Crippen LogP contribution in [0.4, 0.5) is 5.69 Å². The largest absolute Gasteiger partial charge is 0.314 e. The first-order valence-corrected chi connectivity index (χ1v) is 12.1. The first-order valence-electron chi connectivity index (χ1n) is 9.82. The molecule has 0 saturated carbocycles. The molecule has 0 aliphatic heterocycles. The Kier molecular flexibility index (Phi) is 7.30. The summed E-state index contributed by atoms with van der Waals surface area (Å²) in [6.07, 6.45) is 0. The number of nitrogens with zero attached hydrogens (tertiary/aromatic N) is 2. The summed E-state index contributed by atoms with van der Waals surface area (Å²) in [5.41, 5.74) is 3.73. The van der Waals surface area contributed by atoms with Gasteiger partial charge in [0.05, 0.1) is 11.4 Å². The van der Waals surface area contributed by atoms with Gasteiger partial charge in [-0.25, -0.2) is 8.42 Å². The van der Waals surface area contributed by atoms with Crippen molar-refractivity contribution in [2.45, 2.75) is 25.3 Å². The van der Waals surface area contributed by atoms with Crippen molar-refractivity contribution >= 4 is 37.5 Å². The number of anilines is 1. The summed E-state index contributed by atoms with van der Waals surface area (Å²) in [6, 6.07) is 21.3. The van der Waals surface area contributed by atoms with Crippen molar-refractivity contribution in [2.75, 3.05) is 18.5 Å². The van der Waals surface area contributed by atoms with Gasteiger partial charge >= 0.3 is 0 Å². The third kappa shape index (κ3) is 5.61. The molecule has 0 fully saturated rings. The normalized spacial score (nSPS) is 11.5. The van der Waals surface area contributed by atoms with E-state index in [2.05, 4.69) is 15.9 Å². The molecule has 1 amide bonds. The van der Waals surface area contributed by atoms with Crippen LogP contribution in [-0.4, -0.2) is 32.2 Å². The zero-order chi connectivity index (χ0) is 22.6. The minimum atomic E-state index is -3.86. The standard InChI is InChI=1S/C24H25BrN2O3S/c1-18-9-14-22(15-19(18)2)26(3)24(28)17-27(16-20-10-12-21(25)13-11-20)31(29,30)23-7-5-4-6-8-23/h4-15H,16-17H2,1-3H3. The van der Waals surface area contributed by atoms with E-state index in [9.17, 15) is 13.2 Å². The molecule has 0 unspecified atom stereocenters. The Morgan fingerprint density at radius 2 is 1.55 bits per heavy atom. The molecule has 3 rings (SSSR count). The number of amides is 1. The predicted octanol–water partition coefficient (Wildman–Crippen LogP) is 4.92. The van der Waals surface area contributed by atoms with Gasteiger partial charge in [-0.1, -0.05) is 52.3 Å². The second-order valence-electron chi connectivity index (χ2n) is 7.43. The van der Waals surface area contributed by atoms with E-state index in [0.717, 1.165) is 26.9 Å². The Morgan fingerprint density at radius 1 is 0.903 bits per heavy atom. The molecule has 0 N–H and O–H groups in total. The van der Waals surface area contributed by atoms with Crippen LogP contribution in [0.2, 0.25) is 0 Å². The van der Waals surface area contributed by atoms with Crippen molar-refractivity contribution in [2.24, 2.45) is 0 Å². The first-order chi connectivity index (χ1) is 14.7. The number of carbonyl (C=O) groups is 1. The molecular formula is C24H25BrN2O3S. The maximum Gasteiger partial charge on any atom is 0.243 e. The highest BCUT2D eigenvalue weighted by molar-refractivity contribution is 9.10. The van der Waals surface area contributed by atoms with Crippen LogP contribution in [0.15, 0.2) is 82.2 Å². The number of sulfonamides is 1. The maximum absolute atomic E-state index is 13.3. The molecule has 31 heavy (non-hydrogen) atoms. The lowest BCUT2D eigenvalue weighted by Gasteiger charge is -2.25. The van der Waals surface area contributed by atoms with E-state index >= 15 is 0 Å². The van der Waals surface area contributed by atoms with Crippen molar-refractivity contribution in [3.63, 3.8) is 0 Å². The van der Waals surface area contributed by atoms with Crippen molar-refractivity contribution in [3.8, 4) is 0 Å². The van der Waals surface area contributed by atoms with Crippen molar-refractivity contribution in [1.82, 2.24) is 4.31 Å². The molecule has 0 saturated heterocycles. The Morgan fingerprint density at radius 3 is 2.16 bits per heavy atom. The summed E-state index contributed by atoms with van der Waals surface area (Å²) in [6.45, 7) is 3.82. The lowest BCUT2D eigenvalue weighted by molar-refractivity contribution is -0.118. The van der Waals surface area contributed by atoms with E-state index in [1.54, 1.807) is 37.4 Å². The molecule has 5 nitrogen and oxygen atoms in total. The topological polar surface area (TPSA) is 57.7 Å².